The third-order valence-corrected chi connectivity index (χ3v) is 2.66. The van der Waals surface area contributed by atoms with E-state index in [-0.39, 0.29) is 24.5 Å². The quantitative estimate of drug-likeness (QED) is 0.896. The van der Waals surface area contributed by atoms with Crippen molar-refractivity contribution in [2.45, 2.75) is 19.8 Å². The second kappa shape index (κ2) is 5.40. The molecule has 0 unspecified atom stereocenters. The Labute approximate surface area is 105 Å². The van der Waals surface area contributed by atoms with Crippen LogP contribution in [0.15, 0.2) is 36.7 Å². The summed E-state index contributed by atoms with van der Waals surface area (Å²) in [6.07, 6.45) is 3.92. The van der Waals surface area contributed by atoms with Crippen molar-refractivity contribution in [1.82, 2.24) is 4.98 Å². The van der Waals surface area contributed by atoms with Crippen molar-refractivity contribution in [1.29, 1.82) is 0 Å². The summed E-state index contributed by atoms with van der Waals surface area (Å²) in [5, 5.41) is 4.73. The fraction of sp³-hybridized carbons (Fsp3) is 0.214. The number of hydrogen-bond donors (Lipinski definition) is 1. The van der Waals surface area contributed by atoms with E-state index in [0.717, 1.165) is 16.5 Å². The van der Waals surface area contributed by atoms with Gasteiger partial charge in [0.25, 0.3) is 0 Å². The minimum Gasteiger partial charge on any atom is -0.325 e. The molecule has 1 amide bonds. The van der Waals surface area contributed by atoms with Gasteiger partial charge in [-0.1, -0.05) is 12.1 Å². The Kier molecular flexibility index (Phi) is 3.67. The third-order valence-electron chi connectivity index (χ3n) is 2.66. The predicted molar refractivity (Wildman–Crippen MR) is 70.3 cm³/mol. The van der Waals surface area contributed by atoms with Crippen molar-refractivity contribution in [2.75, 3.05) is 5.32 Å². The number of amides is 1. The van der Waals surface area contributed by atoms with Crippen LogP contribution in [0.5, 0.6) is 0 Å². The first-order valence-corrected chi connectivity index (χ1v) is 5.79. The maximum absolute atomic E-state index is 11.7. The van der Waals surface area contributed by atoms with E-state index < -0.39 is 0 Å². The number of aromatic nitrogens is 1. The average Bonchev–Trinajstić information content (AvgIpc) is 2.37. The molecule has 92 valence electrons. The smallest absolute Gasteiger partial charge is 0.224 e. The van der Waals surface area contributed by atoms with Crippen LogP contribution in [0.4, 0.5) is 5.69 Å². The number of benzene rings is 1. The summed E-state index contributed by atoms with van der Waals surface area (Å²) >= 11 is 0. The Morgan fingerprint density at radius 2 is 2.06 bits per heavy atom. The van der Waals surface area contributed by atoms with E-state index in [1.807, 2.05) is 24.3 Å². The lowest BCUT2D eigenvalue weighted by molar-refractivity contribution is -0.121. The number of carbonyl (C=O) groups excluding carboxylic acids is 2. The number of pyridine rings is 1. The first-order chi connectivity index (χ1) is 8.66. The van der Waals surface area contributed by atoms with Gasteiger partial charge in [0.1, 0.15) is 5.78 Å². The highest BCUT2D eigenvalue weighted by atomic mass is 16.2. The Morgan fingerprint density at radius 1 is 1.22 bits per heavy atom. The lowest BCUT2D eigenvalue weighted by Gasteiger charge is -2.07. The molecule has 2 rings (SSSR count). The molecule has 1 heterocycles. The number of carbonyl (C=O) groups is 2. The van der Waals surface area contributed by atoms with Crippen molar-refractivity contribution < 1.29 is 9.59 Å². The molecule has 0 atom stereocenters. The number of rotatable bonds is 4. The monoisotopic (exact) mass is 242 g/mol. The van der Waals surface area contributed by atoms with E-state index in [2.05, 4.69) is 10.3 Å². The molecule has 0 aliphatic heterocycles. The summed E-state index contributed by atoms with van der Waals surface area (Å²) < 4.78 is 0. The zero-order valence-electron chi connectivity index (χ0n) is 10.1. The third kappa shape index (κ3) is 2.91. The minimum absolute atomic E-state index is 0.0183. The van der Waals surface area contributed by atoms with Gasteiger partial charge in [-0.15, -0.1) is 0 Å². The van der Waals surface area contributed by atoms with Crippen LogP contribution >= 0.6 is 0 Å². The fourth-order valence-corrected chi connectivity index (χ4v) is 1.72. The number of ketones is 1. The van der Waals surface area contributed by atoms with Crippen LogP contribution in [0.2, 0.25) is 0 Å². The zero-order valence-corrected chi connectivity index (χ0v) is 10.1. The molecule has 4 heteroatoms. The van der Waals surface area contributed by atoms with Crippen molar-refractivity contribution in [3.05, 3.63) is 36.7 Å². The van der Waals surface area contributed by atoms with Crippen molar-refractivity contribution in [3.63, 3.8) is 0 Å². The number of fused-ring (bicyclic) bond motifs is 1. The van der Waals surface area contributed by atoms with E-state index in [1.54, 1.807) is 12.4 Å². The van der Waals surface area contributed by atoms with Gasteiger partial charge in [0.05, 0.1) is 5.69 Å². The van der Waals surface area contributed by atoms with Gasteiger partial charge in [0, 0.05) is 30.6 Å². The van der Waals surface area contributed by atoms with Gasteiger partial charge in [-0.25, -0.2) is 0 Å². The van der Waals surface area contributed by atoms with Gasteiger partial charge in [-0.3, -0.25) is 9.78 Å². The molecule has 0 saturated carbocycles. The average molecular weight is 242 g/mol. The molecular weight excluding hydrogens is 228 g/mol. The van der Waals surface area contributed by atoms with Crippen molar-refractivity contribution >= 4 is 28.2 Å². The normalized spacial score (nSPS) is 10.3. The van der Waals surface area contributed by atoms with E-state index in [0.29, 0.717) is 0 Å². The SMILES string of the molecule is CC(=O)CCC(=O)Nc1cccc2ccncc12. The molecule has 1 aromatic carbocycles. The maximum atomic E-state index is 11.7. The molecular formula is C14H14N2O2. The minimum atomic E-state index is -0.151. The maximum Gasteiger partial charge on any atom is 0.224 e. The molecule has 0 radical (unpaired) electrons. The first-order valence-electron chi connectivity index (χ1n) is 5.79. The highest BCUT2D eigenvalue weighted by Gasteiger charge is 2.06. The van der Waals surface area contributed by atoms with Gasteiger partial charge < -0.3 is 10.1 Å². The van der Waals surface area contributed by atoms with E-state index in [9.17, 15) is 9.59 Å². The van der Waals surface area contributed by atoms with Crippen LogP contribution in [0, 0.1) is 0 Å². The summed E-state index contributed by atoms with van der Waals surface area (Å²) in [6, 6.07) is 7.56. The molecule has 0 spiro atoms. The number of hydrogen-bond acceptors (Lipinski definition) is 3. The highest BCUT2D eigenvalue weighted by Crippen LogP contribution is 2.22. The largest absolute Gasteiger partial charge is 0.325 e. The molecule has 18 heavy (non-hydrogen) atoms. The standard InChI is InChI=1S/C14H14N2O2/c1-10(17)5-6-14(18)16-13-4-2-3-11-7-8-15-9-12(11)13/h2-4,7-9H,5-6H2,1H3,(H,16,18). The summed E-state index contributed by atoms with van der Waals surface area (Å²) in [5.74, 6) is -0.133. The van der Waals surface area contributed by atoms with Gasteiger partial charge in [-0.2, -0.15) is 0 Å². The molecule has 1 N–H and O–H groups in total. The second-order valence-corrected chi connectivity index (χ2v) is 4.15. The summed E-state index contributed by atoms with van der Waals surface area (Å²) in [7, 11) is 0. The molecule has 0 aliphatic carbocycles. The molecule has 0 saturated heterocycles. The Morgan fingerprint density at radius 3 is 2.83 bits per heavy atom. The van der Waals surface area contributed by atoms with Crippen molar-refractivity contribution in [2.24, 2.45) is 0 Å². The van der Waals surface area contributed by atoms with Crippen molar-refractivity contribution in [3.8, 4) is 0 Å². The van der Waals surface area contributed by atoms with E-state index >= 15 is 0 Å². The number of anilines is 1. The lowest BCUT2D eigenvalue weighted by atomic mass is 10.1. The topological polar surface area (TPSA) is 59.1 Å². The van der Waals surface area contributed by atoms with Crippen LogP contribution in [0.25, 0.3) is 10.8 Å². The molecule has 0 aliphatic rings. The Hall–Kier alpha value is -2.23. The predicted octanol–water partition coefficient (Wildman–Crippen LogP) is 2.54. The number of Topliss-reactive ketones (excluding diaryl/α,β-unsaturated/α-hetero) is 1. The molecule has 0 fully saturated rings. The van der Waals surface area contributed by atoms with Crippen LogP contribution in [-0.2, 0) is 9.59 Å². The zero-order chi connectivity index (χ0) is 13.0. The van der Waals surface area contributed by atoms with Gasteiger partial charge >= 0.3 is 0 Å². The van der Waals surface area contributed by atoms with E-state index in [1.165, 1.54) is 6.92 Å². The van der Waals surface area contributed by atoms with Crippen LogP contribution in [0.3, 0.4) is 0 Å². The Bertz CT molecular complexity index is 588. The van der Waals surface area contributed by atoms with Gasteiger partial charge in [0.2, 0.25) is 5.91 Å². The second-order valence-electron chi connectivity index (χ2n) is 4.15. The molecule has 1 aromatic heterocycles. The van der Waals surface area contributed by atoms with Gasteiger partial charge in [-0.05, 0) is 24.4 Å². The Balaban J connectivity index is 2.16. The van der Waals surface area contributed by atoms with Gasteiger partial charge in [0.15, 0.2) is 0 Å². The van der Waals surface area contributed by atoms with Crippen LogP contribution in [0.1, 0.15) is 19.8 Å². The number of nitrogens with one attached hydrogen (secondary N) is 1. The summed E-state index contributed by atoms with van der Waals surface area (Å²) in [5.41, 5.74) is 0.731. The highest BCUT2D eigenvalue weighted by molar-refractivity contribution is 6.02. The molecule has 2 aromatic rings. The number of nitrogens with zero attached hydrogens (tertiary/aromatic N) is 1. The summed E-state index contributed by atoms with van der Waals surface area (Å²) in [6.45, 7) is 1.48. The van der Waals surface area contributed by atoms with Crippen LogP contribution < -0.4 is 5.32 Å². The summed E-state index contributed by atoms with van der Waals surface area (Å²) in [4.78, 5) is 26.5. The fourth-order valence-electron chi connectivity index (χ4n) is 1.72. The molecule has 4 nitrogen and oxygen atoms in total. The lowest BCUT2D eigenvalue weighted by Crippen LogP contribution is -2.12. The first kappa shape index (κ1) is 12.2. The molecule has 0 bridgehead atoms. The van der Waals surface area contributed by atoms with Crippen LogP contribution in [-0.4, -0.2) is 16.7 Å². The van der Waals surface area contributed by atoms with E-state index in [4.69, 9.17) is 0 Å².